The van der Waals surface area contributed by atoms with Crippen LogP contribution in [0, 0.1) is 34.6 Å². The molecule has 0 N–H and O–H groups in total. The molecule has 0 radical (unpaired) electrons. The first kappa shape index (κ1) is 87.7. The predicted octanol–water partition coefficient (Wildman–Crippen LogP) is 22.7. The van der Waals surface area contributed by atoms with Crippen LogP contribution in [0.1, 0.15) is 111 Å². The first-order valence-electron chi connectivity index (χ1n) is 46.8. The molecule has 13 heterocycles. The molecule has 0 bridgehead atoms. The lowest BCUT2D eigenvalue weighted by Gasteiger charge is -2.34. The summed E-state index contributed by atoms with van der Waals surface area (Å²) in [6.07, 6.45) is 18.4. The lowest BCUT2D eigenvalue weighted by Crippen LogP contribution is -2.38. The van der Waals surface area contributed by atoms with Crippen molar-refractivity contribution in [3.63, 3.8) is 0 Å². The van der Waals surface area contributed by atoms with Crippen LogP contribution in [0.4, 0.5) is 5.69 Å². The van der Waals surface area contributed by atoms with Crippen LogP contribution in [0.2, 0.25) is 5.02 Å². The van der Waals surface area contributed by atoms with Crippen molar-refractivity contribution in [3.8, 4) is 22.6 Å². The molecule has 0 atom stereocenters. The number of imidazole rings is 5. The molecular formula is C113H106ClN21. The maximum atomic E-state index is 6.16. The number of benzene rings is 10. The van der Waals surface area contributed by atoms with E-state index in [0.29, 0.717) is 5.02 Å². The van der Waals surface area contributed by atoms with E-state index in [1.807, 2.05) is 62.5 Å². The van der Waals surface area contributed by atoms with Crippen LogP contribution < -0.4 is 4.90 Å². The first-order chi connectivity index (χ1) is 65.9. The molecule has 135 heavy (non-hydrogen) atoms. The summed E-state index contributed by atoms with van der Waals surface area (Å²) in [6.45, 7) is 12.4. The van der Waals surface area contributed by atoms with E-state index in [0.717, 1.165) is 227 Å². The number of rotatable bonds is 18. The third-order valence-electron chi connectivity index (χ3n) is 26.6. The molecule has 22 heteroatoms. The maximum absolute atomic E-state index is 6.16. The zero-order valence-corrected chi connectivity index (χ0v) is 78.7. The Bertz CT molecular complexity index is 7940. The van der Waals surface area contributed by atoms with Crippen molar-refractivity contribution in [1.29, 1.82) is 0 Å². The summed E-state index contributed by atoms with van der Waals surface area (Å²) in [5.41, 5.74) is 26.1. The summed E-state index contributed by atoms with van der Waals surface area (Å²) in [5, 5.41) is 12.8. The van der Waals surface area contributed by atoms with Gasteiger partial charge in [-0.05, 0) is 185 Å². The molecule has 22 aromatic rings. The molecule has 21 nitrogen and oxygen atoms in total. The highest BCUT2D eigenvalue weighted by molar-refractivity contribution is 6.31. The summed E-state index contributed by atoms with van der Waals surface area (Å²) >= 11 is 6.16. The normalized spacial score (nSPS) is 12.4. The topological polar surface area (TPSA) is 221 Å². The molecule has 0 saturated carbocycles. The lowest BCUT2D eigenvalue weighted by molar-refractivity contribution is 0.609. The molecule has 0 unspecified atom stereocenters. The average Bonchev–Trinajstić information content (AvgIpc) is 1.64. The smallest absolute Gasteiger partial charge is 0.129 e. The Kier molecular flexibility index (Phi) is 25.0. The number of fused-ring (bicyclic) bond motifs is 16. The summed E-state index contributed by atoms with van der Waals surface area (Å²) in [7, 11) is 10.5. The van der Waals surface area contributed by atoms with E-state index >= 15 is 0 Å². The van der Waals surface area contributed by atoms with Gasteiger partial charge in [0.25, 0.3) is 0 Å². The SMILES string of the molecule is Cc1nc(CCc2nc3c4ccccc4ccc3n2C)nc(C)c1Cl.Cc1nc(CCc2nc3c4ccccc4ccc3n2C)nc(C)c1N1CCC1.Cc1nc(CCc2nc3c4ccccc4ccc3n2C)nc2c1CCC2.Cn1c(CCc2cccc(-c3ccccn3)n2)nc2c3ccccc3ccc21.Cn1c(CCc2cccc(-c3cccnc3)n2)nc2c3ccccc3ccc21. The van der Waals surface area contributed by atoms with E-state index < -0.39 is 0 Å². The van der Waals surface area contributed by atoms with Crippen LogP contribution in [0.15, 0.2) is 267 Å². The van der Waals surface area contributed by atoms with Crippen molar-refractivity contribution in [2.45, 2.75) is 125 Å². The van der Waals surface area contributed by atoms with Crippen molar-refractivity contribution >= 4 is 126 Å². The van der Waals surface area contributed by atoms with Gasteiger partial charge in [0.1, 0.15) is 46.6 Å². The Morgan fingerprint density at radius 1 is 0.281 bits per heavy atom. The standard InChI is InChI=1S/2C24H20N4.C23H25N5.C22H22N4.C20H19ClN4/c1-28-22-13-11-17-6-2-3-9-20(17)24(22)27-23(28)14-12-19-8-4-10-21(26-19)18-7-5-15-25-16-18;1-28-22-14-12-17-7-2-3-9-19(17)24(22)27-23(28)15-13-18-8-6-11-21(26-18)20-10-4-5-16-25-20;1-15-23(28-13-6-14-28)16(2)25-20(24-15)11-12-21-26-22-18-8-5-4-7-17(18)9-10-19(22)27(21)3;1-14-16-8-5-9-18(16)24-20(23-14)12-13-21-25-22-17-7-4-3-6-15(17)10-11-19(22)26(21)2;1-12-19(21)13(2)23-17(22-12)10-11-18-24-20-15-7-5-4-6-14(15)8-9-16(20)25(18)3/h2-11,13,15-16H,12,14H2,1H3;2-12,14,16H,13,15H2,1H3;4-5,7-10H,6,11-14H2,1-3H3;3-4,6-7,10-11H,5,8-9,12-13H2,1-2H3;4-9H,10-11H2,1-3H3. The molecule has 10 aromatic carbocycles. The van der Waals surface area contributed by atoms with Gasteiger partial charge in [-0.3, -0.25) is 19.9 Å². The third-order valence-corrected chi connectivity index (χ3v) is 27.2. The summed E-state index contributed by atoms with van der Waals surface area (Å²) < 4.78 is 11.0. The van der Waals surface area contributed by atoms with E-state index in [4.69, 9.17) is 66.4 Å². The molecule has 0 amide bonds. The van der Waals surface area contributed by atoms with Gasteiger partial charge >= 0.3 is 0 Å². The van der Waals surface area contributed by atoms with Crippen molar-refractivity contribution in [2.75, 3.05) is 18.0 Å². The van der Waals surface area contributed by atoms with E-state index in [2.05, 4.69) is 310 Å². The number of anilines is 1. The molecule has 1 fully saturated rings. The number of pyridine rings is 4. The number of aromatic nitrogens is 20. The molecule has 2 aliphatic rings. The highest BCUT2D eigenvalue weighted by atomic mass is 35.5. The molecule has 1 saturated heterocycles. The van der Waals surface area contributed by atoms with Crippen LogP contribution >= 0.6 is 11.6 Å². The second kappa shape index (κ2) is 38.5. The Morgan fingerprint density at radius 3 is 1.01 bits per heavy atom. The van der Waals surface area contributed by atoms with Gasteiger partial charge in [0, 0.05) is 174 Å². The van der Waals surface area contributed by atoms with Gasteiger partial charge in [0.2, 0.25) is 0 Å². The van der Waals surface area contributed by atoms with E-state index in [9.17, 15) is 0 Å². The van der Waals surface area contributed by atoms with Crippen LogP contribution in [-0.2, 0) is 112 Å². The highest BCUT2D eigenvalue weighted by Gasteiger charge is 2.24. The summed E-state index contributed by atoms with van der Waals surface area (Å²) in [4.78, 5) is 73.5. The largest absolute Gasteiger partial charge is 0.368 e. The number of aryl methyl sites for hydroxylation is 21. The quantitative estimate of drug-likeness (QED) is 0.0779. The zero-order valence-electron chi connectivity index (χ0n) is 78.0. The minimum Gasteiger partial charge on any atom is -0.368 e. The summed E-state index contributed by atoms with van der Waals surface area (Å²) in [6, 6.07) is 85.9. The summed E-state index contributed by atoms with van der Waals surface area (Å²) in [5.74, 6) is 8.07. The number of halogens is 1. The van der Waals surface area contributed by atoms with Crippen molar-refractivity contribution in [3.05, 3.63) is 370 Å². The Labute approximate surface area is 789 Å². The van der Waals surface area contributed by atoms with Crippen LogP contribution in [0.25, 0.3) is 132 Å². The lowest BCUT2D eigenvalue weighted by atomic mass is 10.1. The van der Waals surface area contributed by atoms with Gasteiger partial charge in [-0.1, -0.05) is 181 Å². The van der Waals surface area contributed by atoms with Crippen molar-refractivity contribution in [2.24, 2.45) is 35.2 Å². The van der Waals surface area contributed by atoms with Gasteiger partial charge in [-0.25, -0.2) is 54.8 Å². The Morgan fingerprint density at radius 2 is 0.637 bits per heavy atom. The van der Waals surface area contributed by atoms with E-state index in [1.165, 1.54) is 111 Å². The van der Waals surface area contributed by atoms with Crippen molar-refractivity contribution < 1.29 is 0 Å². The molecule has 1 aliphatic carbocycles. The fourth-order valence-electron chi connectivity index (χ4n) is 19.3. The number of hydrogen-bond acceptors (Lipinski definition) is 16. The van der Waals surface area contributed by atoms with E-state index in [1.54, 1.807) is 12.4 Å². The minimum atomic E-state index is 0.651. The molecule has 12 aromatic heterocycles. The van der Waals surface area contributed by atoms with Gasteiger partial charge in [-0.2, -0.15) is 0 Å². The van der Waals surface area contributed by atoms with Gasteiger partial charge in [-0.15, -0.1) is 0 Å². The molecule has 24 rings (SSSR count). The van der Waals surface area contributed by atoms with Crippen LogP contribution in [0.3, 0.4) is 0 Å². The maximum Gasteiger partial charge on any atom is 0.129 e. The molecular weight excluding hydrogens is 1690 g/mol. The van der Waals surface area contributed by atoms with E-state index in [-0.39, 0.29) is 0 Å². The van der Waals surface area contributed by atoms with Gasteiger partial charge in [0.15, 0.2) is 0 Å². The predicted molar refractivity (Wildman–Crippen MR) is 547 cm³/mol. The van der Waals surface area contributed by atoms with Gasteiger partial charge < -0.3 is 27.7 Å². The van der Waals surface area contributed by atoms with Crippen LogP contribution in [-0.4, -0.2) is 111 Å². The second-order valence-electron chi connectivity index (χ2n) is 35.3. The fraction of sp³-hybridized carbons (Fsp3) is 0.230. The van der Waals surface area contributed by atoms with Crippen LogP contribution in [0.5, 0.6) is 0 Å². The second-order valence-corrected chi connectivity index (χ2v) is 35.7. The first-order valence-corrected chi connectivity index (χ1v) is 47.2. The van der Waals surface area contributed by atoms with Gasteiger partial charge in [0.05, 0.1) is 106 Å². The Balaban J connectivity index is 0.000000105. The molecule has 1 aliphatic heterocycles. The molecule has 0 spiro atoms. The highest BCUT2D eigenvalue weighted by Crippen LogP contribution is 2.35. The third kappa shape index (κ3) is 18.3. The monoisotopic (exact) mass is 1790 g/mol. The minimum absolute atomic E-state index is 0.651. The zero-order chi connectivity index (χ0) is 92.3. The fourth-order valence-corrected chi connectivity index (χ4v) is 19.4. The average molecular weight is 1790 g/mol. The Hall–Kier alpha value is -15.2. The number of nitrogens with zero attached hydrogens (tertiary/aromatic N) is 21. The van der Waals surface area contributed by atoms with Crippen molar-refractivity contribution in [1.82, 2.24) is 97.6 Å². The number of hydrogen-bond donors (Lipinski definition) is 0. The molecule has 670 valence electrons.